The number of alkyl halides is 6. The zero-order valence-electron chi connectivity index (χ0n) is 16.6. The lowest BCUT2D eigenvalue weighted by Crippen LogP contribution is -2.28. The minimum Gasteiger partial charge on any atom is -0.468 e. The summed E-state index contributed by atoms with van der Waals surface area (Å²) >= 11 is 0. The highest BCUT2D eigenvalue weighted by Crippen LogP contribution is 2.42. The number of aliphatic imine (C=N–C) groups is 2. The molecule has 4 rings (SSSR count). The summed E-state index contributed by atoms with van der Waals surface area (Å²) in [6.45, 7) is 1.50. The Morgan fingerprint density at radius 1 is 0.848 bits per heavy atom. The molecular weight excluding hydrogens is 464 g/mol. The predicted octanol–water partition coefficient (Wildman–Crippen LogP) is 6.03. The molecule has 2 heterocycles. The summed E-state index contributed by atoms with van der Waals surface area (Å²) in [6, 6.07) is 1.97. The van der Waals surface area contributed by atoms with Crippen molar-refractivity contribution in [2.24, 2.45) is 9.98 Å². The van der Waals surface area contributed by atoms with Crippen molar-refractivity contribution in [2.45, 2.75) is 43.6 Å². The maximum absolute atomic E-state index is 14.4. The third-order valence-electron chi connectivity index (χ3n) is 5.25. The number of hydrogen-bond acceptors (Lipinski definition) is 4. The van der Waals surface area contributed by atoms with E-state index in [-0.39, 0.29) is 17.0 Å². The Balaban J connectivity index is 1.61. The number of halogens is 8. The zero-order chi connectivity index (χ0) is 24.1. The summed E-state index contributed by atoms with van der Waals surface area (Å²) in [5.41, 5.74) is -3.02. The minimum atomic E-state index is -4.88. The van der Waals surface area contributed by atoms with Gasteiger partial charge in [0.15, 0.2) is 12.5 Å². The highest BCUT2D eigenvalue weighted by molar-refractivity contribution is 5.86. The fraction of sp³-hybridized carbons (Fsp3) is 0.333. The van der Waals surface area contributed by atoms with Crippen molar-refractivity contribution in [1.82, 2.24) is 0 Å². The van der Waals surface area contributed by atoms with Gasteiger partial charge >= 0.3 is 12.4 Å². The smallest absolute Gasteiger partial charge is 0.416 e. The van der Waals surface area contributed by atoms with Gasteiger partial charge in [0.05, 0.1) is 17.2 Å². The molecule has 0 fully saturated rings. The van der Waals surface area contributed by atoms with E-state index in [1.165, 1.54) is 6.92 Å². The molecular formula is C21H14F8N2O2. The number of nitrogens with zero attached hydrogens (tertiary/aromatic N) is 2. The zero-order valence-corrected chi connectivity index (χ0v) is 16.6. The van der Waals surface area contributed by atoms with Crippen molar-refractivity contribution >= 4 is 12.3 Å². The van der Waals surface area contributed by atoms with E-state index in [1.807, 2.05) is 0 Å². The van der Waals surface area contributed by atoms with E-state index < -0.39 is 59.4 Å². The molecule has 2 aromatic rings. The first-order chi connectivity index (χ1) is 15.4. The van der Waals surface area contributed by atoms with E-state index in [0.717, 1.165) is 24.6 Å². The van der Waals surface area contributed by atoms with Crippen LogP contribution in [0.5, 0.6) is 0 Å². The molecule has 0 saturated heterocycles. The molecule has 0 radical (unpaired) electrons. The van der Waals surface area contributed by atoms with Crippen LogP contribution in [0, 0.1) is 11.6 Å². The van der Waals surface area contributed by atoms with E-state index in [4.69, 9.17) is 9.47 Å². The van der Waals surface area contributed by atoms with Crippen LogP contribution in [0.3, 0.4) is 0 Å². The third-order valence-corrected chi connectivity index (χ3v) is 5.25. The Bertz CT molecular complexity index is 1130. The monoisotopic (exact) mass is 478 g/mol. The van der Waals surface area contributed by atoms with Crippen LogP contribution in [0.2, 0.25) is 0 Å². The predicted molar refractivity (Wildman–Crippen MR) is 99.6 cm³/mol. The summed E-state index contributed by atoms with van der Waals surface area (Å²) in [7, 11) is 0. The molecule has 0 bridgehead atoms. The average Bonchev–Trinajstić information content (AvgIpc) is 3.33. The molecule has 4 nitrogen and oxygen atoms in total. The van der Waals surface area contributed by atoms with Gasteiger partial charge < -0.3 is 9.47 Å². The van der Waals surface area contributed by atoms with Gasteiger partial charge in [0.2, 0.25) is 12.0 Å². The van der Waals surface area contributed by atoms with Gasteiger partial charge in [0.1, 0.15) is 17.7 Å². The number of rotatable bonds is 3. The van der Waals surface area contributed by atoms with E-state index in [0.29, 0.717) is 18.2 Å². The van der Waals surface area contributed by atoms with Gasteiger partial charge in [-0.15, -0.1) is 0 Å². The number of ether oxygens (including phenoxy) is 2. The molecule has 2 aliphatic heterocycles. The molecule has 176 valence electrons. The molecule has 0 aliphatic carbocycles. The Kier molecular flexibility index (Phi) is 5.57. The van der Waals surface area contributed by atoms with E-state index in [1.54, 1.807) is 0 Å². The van der Waals surface area contributed by atoms with Crippen LogP contribution >= 0.6 is 0 Å². The number of hydrogen-bond donors (Lipinski definition) is 0. The quantitative estimate of drug-likeness (QED) is 0.506. The van der Waals surface area contributed by atoms with Crippen LogP contribution < -0.4 is 0 Å². The van der Waals surface area contributed by atoms with E-state index in [9.17, 15) is 35.1 Å². The molecule has 0 N–H and O–H groups in total. The van der Waals surface area contributed by atoms with Gasteiger partial charge in [-0.1, -0.05) is 12.1 Å². The van der Waals surface area contributed by atoms with Crippen molar-refractivity contribution in [2.75, 3.05) is 0 Å². The van der Waals surface area contributed by atoms with Gasteiger partial charge in [0.25, 0.3) is 0 Å². The normalized spacial score (nSPS) is 25.1. The second kappa shape index (κ2) is 7.99. The van der Waals surface area contributed by atoms with Gasteiger partial charge in [-0.05, 0) is 36.8 Å². The Hall–Kier alpha value is -3.18. The molecule has 0 amide bonds. The second-order valence-corrected chi connectivity index (χ2v) is 7.47. The topological polar surface area (TPSA) is 43.2 Å². The lowest BCUT2D eigenvalue weighted by Gasteiger charge is -2.22. The van der Waals surface area contributed by atoms with Crippen molar-refractivity contribution in [3.63, 3.8) is 0 Å². The first kappa shape index (κ1) is 23.0. The van der Waals surface area contributed by atoms with Crippen LogP contribution in [0.15, 0.2) is 46.4 Å². The molecule has 2 aliphatic rings. The van der Waals surface area contributed by atoms with Gasteiger partial charge in [-0.25, -0.2) is 18.8 Å². The molecule has 0 spiro atoms. The van der Waals surface area contributed by atoms with Crippen LogP contribution in [0.25, 0.3) is 0 Å². The Labute approximate surface area is 181 Å². The summed E-state index contributed by atoms with van der Waals surface area (Å²) in [4.78, 5) is 8.06. The molecule has 0 saturated carbocycles. The summed E-state index contributed by atoms with van der Waals surface area (Å²) < 4.78 is 118. The lowest BCUT2D eigenvalue weighted by molar-refractivity contribution is -0.139. The van der Waals surface area contributed by atoms with Crippen molar-refractivity contribution in [3.05, 3.63) is 70.3 Å². The van der Waals surface area contributed by atoms with Crippen LogP contribution in [-0.4, -0.2) is 24.4 Å². The maximum Gasteiger partial charge on any atom is 0.416 e. The molecule has 4 atom stereocenters. The van der Waals surface area contributed by atoms with Crippen LogP contribution in [-0.2, 0) is 21.8 Å². The van der Waals surface area contributed by atoms with E-state index in [2.05, 4.69) is 9.98 Å². The first-order valence-electron chi connectivity index (χ1n) is 9.51. The standard InChI is InChI=1S/C21H14F8N2O2/c1-9-17(13-4-2-10(6-15(13)23)20(24,25)26)33-19(31-9)18-16(30-8-32-18)12-5-3-11(22)7-14(12)21(27,28)29/h2-9,16-18H,1H3. The van der Waals surface area contributed by atoms with Gasteiger partial charge in [-0.3, -0.25) is 0 Å². The molecule has 2 aromatic carbocycles. The first-order valence-corrected chi connectivity index (χ1v) is 9.51. The van der Waals surface area contributed by atoms with Crippen LogP contribution in [0.4, 0.5) is 35.1 Å². The SMILES string of the molecule is CC1N=C(C2OC=NC2c2ccc(F)cc2C(F)(F)F)OC1c1ccc(C(F)(F)F)cc1F. The molecule has 4 unspecified atom stereocenters. The summed E-state index contributed by atoms with van der Waals surface area (Å²) in [5, 5.41) is 0. The summed E-state index contributed by atoms with van der Waals surface area (Å²) in [5.74, 6) is -2.46. The average molecular weight is 478 g/mol. The Morgan fingerprint density at radius 3 is 2.18 bits per heavy atom. The molecule has 33 heavy (non-hydrogen) atoms. The molecule has 0 aromatic heterocycles. The van der Waals surface area contributed by atoms with Gasteiger partial charge in [0, 0.05) is 5.56 Å². The second-order valence-electron chi connectivity index (χ2n) is 7.47. The largest absolute Gasteiger partial charge is 0.468 e. The molecule has 12 heteroatoms. The van der Waals surface area contributed by atoms with Crippen molar-refractivity contribution in [1.29, 1.82) is 0 Å². The lowest BCUT2D eigenvalue weighted by atomic mass is 9.96. The van der Waals surface area contributed by atoms with Crippen molar-refractivity contribution < 1.29 is 44.6 Å². The Morgan fingerprint density at radius 2 is 1.55 bits per heavy atom. The van der Waals surface area contributed by atoms with Crippen molar-refractivity contribution in [3.8, 4) is 0 Å². The highest BCUT2D eigenvalue weighted by Gasteiger charge is 2.45. The highest BCUT2D eigenvalue weighted by atomic mass is 19.4. The van der Waals surface area contributed by atoms with E-state index >= 15 is 0 Å². The fourth-order valence-corrected chi connectivity index (χ4v) is 3.71. The van der Waals surface area contributed by atoms with Gasteiger partial charge in [-0.2, -0.15) is 26.3 Å². The fourth-order valence-electron chi connectivity index (χ4n) is 3.71. The summed E-state index contributed by atoms with van der Waals surface area (Å²) in [6.07, 6.45) is -11.1. The maximum atomic E-state index is 14.4. The minimum absolute atomic E-state index is 0.202. The third kappa shape index (κ3) is 4.38. The number of benzene rings is 2. The van der Waals surface area contributed by atoms with Crippen LogP contribution in [0.1, 0.15) is 41.3 Å².